The average Bonchev–Trinajstić information content (AvgIpc) is 2.83. The Labute approximate surface area is 150 Å². The molecule has 8 heteroatoms. The number of phenolic OH excluding ortho intramolecular Hbond substituents is 2. The molecule has 2 N–H and O–H groups in total. The number of hydrogen-bond donors (Lipinski definition) is 2. The van der Waals surface area contributed by atoms with Crippen LogP contribution < -0.4 is 4.90 Å². The fourth-order valence-corrected chi connectivity index (χ4v) is 3.42. The monoisotopic (exact) mass is 374 g/mol. The van der Waals surface area contributed by atoms with E-state index in [2.05, 4.69) is 4.98 Å². The lowest BCUT2D eigenvalue weighted by Crippen LogP contribution is -2.29. The Balaban J connectivity index is 2.01. The summed E-state index contributed by atoms with van der Waals surface area (Å²) in [5.41, 5.74) is -0.408. The molecule has 0 spiro atoms. The Kier molecular flexibility index (Phi) is 3.35. The number of nitrogens with zero attached hydrogens (tertiary/aromatic N) is 2. The van der Waals surface area contributed by atoms with Crippen LogP contribution in [0.15, 0.2) is 36.5 Å². The van der Waals surface area contributed by atoms with Crippen LogP contribution in [0.25, 0.3) is 10.9 Å². The van der Waals surface area contributed by atoms with Crippen LogP contribution in [0.1, 0.15) is 20.7 Å². The molecule has 0 saturated heterocycles. The SMILES string of the molecule is O=C1c2c(c(O)c3ncccc3c2O)C(=O)N1c1cc(Cl)cc(Cl)c1. The predicted molar refractivity (Wildman–Crippen MR) is 92.7 cm³/mol. The van der Waals surface area contributed by atoms with Gasteiger partial charge in [-0.3, -0.25) is 14.6 Å². The zero-order valence-electron chi connectivity index (χ0n) is 12.3. The Morgan fingerprint density at radius 2 is 1.52 bits per heavy atom. The van der Waals surface area contributed by atoms with Gasteiger partial charge in [0.2, 0.25) is 0 Å². The number of amides is 2. The quantitative estimate of drug-likeness (QED) is 0.499. The molecule has 6 nitrogen and oxygen atoms in total. The van der Waals surface area contributed by atoms with Crippen LogP contribution in [-0.2, 0) is 0 Å². The van der Waals surface area contributed by atoms with Gasteiger partial charge < -0.3 is 10.2 Å². The third-order valence-corrected chi connectivity index (χ3v) is 4.39. The Hall–Kier alpha value is -2.83. The van der Waals surface area contributed by atoms with Gasteiger partial charge >= 0.3 is 0 Å². The van der Waals surface area contributed by atoms with E-state index in [1.54, 1.807) is 6.07 Å². The maximum absolute atomic E-state index is 12.8. The smallest absolute Gasteiger partial charge is 0.270 e. The fourth-order valence-electron chi connectivity index (χ4n) is 2.91. The van der Waals surface area contributed by atoms with Crippen molar-refractivity contribution < 1.29 is 19.8 Å². The summed E-state index contributed by atoms with van der Waals surface area (Å²) in [4.78, 5) is 30.3. The number of pyridine rings is 1. The molecule has 4 rings (SSSR count). The predicted octanol–water partition coefficient (Wildman–Crippen LogP) is 3.75. The molecule has 3 aromatic rings. The number of aromatic hydroxyl groups is 2. The molecule has 1 aliphatic rings. The van der Waals surface area contributed by atoms with Gasteiger partial charge in [-0.1, -0.05) is 23.2 Å². The second-order valence-electron chi connectivity index (χ2n) is 5.42. The molecule has 0 radical (unpaired) electrons. The van der Waals surface area contributed by atoms with E-state index in [1.165, 1.54) is 30.5 Å². The molecule has 0 unspecified atom stereocenters. The number of aromatic nitrogens is 1. The first-order valence-corrected chi connectivity index (χ1v) is 7.83. The van der Waals surface area contributed by atoms with Gasteiger partial charge in [-0.2, -0.15) is 0 Å². The van der Waals surface area contributed by atoms with Crippen molar-refractivity contribution >= 4 is 51.6 Å². The second kappa shape index (κ2) is 5.34. The summed E-state index contributed by atoms with van der Waals surface area (Å²) in [5.74, 6) is -2.45. The Bertz CT molecular complexity index is 1020. The lowest BCUT2D eigenvalue weighted by molar-refractivity contribution is 0.0925. The molecule has 2 amide bonds. The first-order valence-electron chi connectivity index (χ1n) is 7.07. The summed E-state index contributed by atoms with van der Waals surface area (Å²) in [7, 11) is 0. The van der Waals surface area contributed by atoms with E-state index in [0.717, 1.165) is 4.90 Å². The highest BCUT2D eigenvalue weighted by atomic mass is 35.5. The maximum atomic E-state index is 12.8. The summed E-state index contributed by atoms with van der Waals surface area (Å²) in [6.45, 7) is 0. The number of carbonyl (C=O) groups is 2. The van der Waals surface area contributed by atoms with Crippen molar-refractivity contribution in [3.8, 4) is 11.5 Å². The molecule has 0 atom stereocenters. The van der Waals surface area contributed by atoms with Crippen molar-refractivity contribution in [3.63, 3.8) is 0 Å². The highest BCUT2D eigenvalue weighted by Crippen LogP contribution is 2.44. The number of carbonyl (C=O) groups excluding carboxylic acids is 2. The number of rotatable bonds is 1. The van der Waals surface area contributed by atoms with Crippen LogP contribution in [0.4, 0.5) is 5.69 Å². The molecule has 0 aliphatic carbocycles. The minimum absolute atomic E-state index is 0.0332. The van der Waals surface area contributed by atoms with Gasteiger partial charge in [0.15, 0.2) is 5.75 Å². The van der Waals surface area contributed by atoms with Gasteiger partial charge in [0.1, 0.15) is 16.8 Å². The molecular formula is C17H8Cl2N2O4. The molecule has 0 bridgehead atoms. The highest BCUT2D eigenvalue weighted by molar-refractivity contribution is 6.39. The number of halogens is 2. The third kappa shape index (κ3) is 2.15. The van der Waals surface area contributed by atoms with Crippen LogP contribution in [0, 0.1) is 0 Å². The number of benzene rings is 2. The van der Waals surface area contributed by atoms with Gasteiger partial charge in [0.05, 0.1) is 11.3 Å². The summed E-state index contributed by atoms with van der Waals surface area (Å²) in [6, 6.07) is 7.28. The number of phenols is 2. The van der Waals surface area contributed by atoms with Crippen LogP contribution in [0.2, 0.25) is 10.0 Å². The minimum atomic E-state index is -0.793. The van der Waals surface area contributed by atoms with Crippen molar-refractivity contribution in [2.75, 3.05) is 4.90 Å². The van der Waals surface area contributed by atoms with E-state index in [0.29, 0.717) is 0 Å². The van der Waals surface area contributed by atoms with Gasteiger partial charge in [0, 0.05) is 21.6 Å². The number of hydrogen-bond acceptors (Lipinski definition) is 5. The molecule has 1 aromatic heterocycles. The molecule has 25 heavy (non-hydrogen) atoms. The van der Waals surface area contributed by atoms with Crippen molar-refractivity contribution in [2.24, 2.45) is 0 Å². The van der Waals surface area contributed by atoms with Crippen molar-refractivity contribution in [2.45, 2.75) is 0 Å². The molecule has 0 fully saturated rings. The lowest BCUT2D eigenvalue weighted by Gasteiger charge is -2.14. The first-order chi connectivity index (χ1) is 11.9. The van der Waals surface area contributed by atoms with Gasteiger partial charge in [-0.05, 0) is 30.3 Å². The van der Waals surface area contributed by atoms with E-state index in [1.807, 2.05) is 0 Å². The number of fused-ring (bicyclic) bond motifs is 2. The van der Waals surface area contributed by atoms with Crippen molar-refractivity contribution in [3.05, 3.63) is 57.7 Å². The summed E-state index contributed by atoms with van der Waals surface area (Å²) in [5, 5.41) is 21.5. The average molecular weight is 375 g/mol. The zero-order valence-corrected chi connectivity index (χ0v) is 13.8. The molecule has 0 saturated carbocycles. The lowest BCUT2D eigenvalue weighted by atomic mass is 10.0. The van der Waals surface area contributed by atoms with Crippen molar-refractivity contribution in [1.82, 2.24) is 4.98 Å². The summed E-state index contributed by atoms with van der Waals surface area (Å²) in [6.07, 6.45) is 1.41. The van der Waals surface area contributed by atoms with E-state index in [9.17, 15) is 19.8 Å². The van der Waals surface area contributed by atoms with Crippen LogP contribution in [-0.4, -0.2) is 27.0 Å². The molecule has 2 heterocycles. The minimum Gasteiger partial charge on any atom is -0.506 e. The van der Waals surface area contributed by atoms with E-state index in [4.69, 9.17) is 23.2 Å². The topological polar surface area (TPSA) is 90.7 Å². The van der Waals surface area contributed by atoms with Gasteiger partial charge in [0.25, 0.3) is 11.8 Å². The molecular weight excluding hydrogens is 367 g/mol. The molecule has 124 valence electrons. The van der Waals surface area contributed by atoms with E-state index < -0.39 is 23.3 Å². The van der Waals surface area contributed by atoms with Crippen molar-refractivity contribution in [1.29, 1.82) is 0 Å². The van der Waals surface area contributed by atoms with E-state index >= 15 is 0 Å². The Morgan fingerprint density at radius 3 is 2.16 bits per heavy atom. The molecule has 1 aliphatic heterocycles. The maximum Gasteiger partial charge on any atom is 0.270 e. The normalized spacial score (nSPS) is 13.6. The van der Waals surface area contributed by atoms with Gasteiger partial charge in [-0.15, -0.1) is 0 Å². The third-order valence-electron chi connectivity index (χ3n) is 3.95. The first kappa shape index (κ1) is 15.7. The Morgan fingerprint density at radius 1 is 0.920 bits per heavy atom. The van der Waals surface area contributed by atoms with Crippen LogP contribution in [0.3, 0.4) is 0 Å². The highest BCUT2D eigenvalue weighted by Gasteiger charge is 2.43. The second-order valence-corrected chi connectivity index (χ2v) is 6.29. The number of imide groups is 1. The van der Waals surface area contributed by atoms with E-state index in [-0.39, 0.29) is 37.8 Å². The number of anilines is 1. The van der Waals surface area contributed by atoms with Crippen LogP contribution in [0.5, 0.6) is 11.5 Å². The largest absolute Gasteiger partial charge is 0.506 e. The summed E-state index contributed by atoms with van der Waals surface area (Å²) < 4.78 is 0. The summed E-state index contributed by atoms with van der Waals surface area (Å²) >= 11 is 11.9. The standard InChI is InChI=1S/C17H8Cl2N2O4/c18-7-4-8(19)6-9(5-7)21-16(24)11-12(17(21)25)15(23)13-10(14(11)22)2-1-3-20-13/h1-6,22-23H. The molecule has 2 aromatic carbocycles. The fraction of sp³-hybridized carbons (Fsp3) is 0. The van der Waals surface area contributed by atoms with Crippen LogP contribution >= 0.6 is 23.2 Å². The van der Waals surface area contributed by atoms with Gasteiger partial charge in [-0.25, -0.2) is 4.90 Å². The zero-order chi connectivity index (χ0) is 17.9.